The van der Waals surface area contributed by atoms with E-state index in [1.54, 1.807) is 26.4 Å². The van der Waals surface area contributed by atoms with E-state index in [9.17, 15) is 4.79 Å². The highest BCUT2D eigenvalue weighted by Crippen LogP contribution is 2.37. The number of hydrogen-bond acceptors (Lipinski definition) is 3. The number of hydrogen-bond donors (Lipinski definition) is 1. The number of methoxy groups -OCH3 is 2. The summed E-state index contributed by atoms with van der Waals surface area (Å²) in [5.74, 6) is 1.61. The van der Waals surface area contributed by atoms with Gasteiger partial charge in [-0.3, -0.25) is 4.79 Å². The Kier molecular flexibility index (Phi) is 5.31. The summed E-state index contributed by atoms with van der Waals surface area (Å²) in [6.07, 6.45) is 4.01. The maximum Gasteiger partial charge on any atom is 0.257 e. The molecular weight excluding hydrogens is 420 g/mol. The second kappa shape index (κ2) is 7.87. The van der Waals surface area contributed by atoms with Gasteiger partial charge in [-0.2, -0.15) is 0 Å². The normalized spacial score (nSPS) is 15.0. The number of amides is 1. The Balaban J connectivity index is 1.52. The number of rotatable bonds is 4. The standard InChI is InChI=1S/C22H23BrN2O3/c1-27-15-11-17(21(28-2)19(23)12-15)22(26)25-9-7-14(8-10-25)18-13-24-20-6-4-3-5-16(18)20/h3-6,11-14,24H,7-10H2,1-2H3. The van der Waals surface area contributed by atoms with Crippen molar-refractivity contribution in [1.29, 1.82) is 0 Å². The SMILES string of the molecule is COc1cc(Br)c(OC)c(C(=O)N2CCC(c3c[nH]c4ccccc34)CC2)c1. The molecule has 5 nitrogen and oxygen atoms in total. The van der Waals surface area contributed by atoms with Crippen molar-refractivity contribution in [3.05, 3.63) is 58.2 Å². The molecule has 0 saturated carbocycles. The topological polar surface area (TPSA) is 54.6 Å². The lowest BCUT2D eigenvalue weighted by atomic mass is 9.89. The van der Waals surface area contributed by atoms with E-state index in [2.05, 4.69) is 45.3 Å². The fraction of sp³-hybridized carbons (Fsp3) is 0.318. The molecule has 0 atom stereocenters. The van der Waals surface area contributed by atoms with Crippen molar-refractivity contribution in [2.45, 2.75) is 18.8 Å². The Bertz CT molecular complexity index is 1010. The van der Waals surface area contributed by atoms with Crippen molar-refractivity contribution in [1.82, 2.24) is 9.88 Å². The van der Waals surface area contributed by atoms with E-state index < -0.39 is 0 Å². The van der Waals surface area contributed by atoms with Crippen molar-refractivity contribution in [2.75, 3.05) is 27.3 Å². The number of carbonyl (C=O) groups excluding carboxylic acids is 1. The Morgan fingerprint density at radius 2 is 1.89 bits per heavy atom. The molecule has 3 aromatic rings. The quantitative estimate of drug-likeness (QED) is 0.620. The molecule has 1 N–H and O–H groups in total. The molecule has 2 aromatic carbocycles. The lowest BCUT2D eigenvalue weighted by molar-refractivity contribution is 0.0709. The second-order valence-electron chi connectivity index (χ2n) is 7.05. The van der Waals surface area contributed by atoms with Gasteiger partial charge in [-0.15, -0.1) is 0 Å². The summed E-state index contributed by atoms with van der Waals surface area (Å²) >= 11 is 3.47. The summed E-state index contributed by atoms with van der Waals surface area (Å²) in [6, 6.07) is 11.9. The molecule has 1 aliphatic heterocycles. The van der Waals surface area contributed by atoms with Gasteiger partial charge in [-0.05, 0) is 58.5 Å². The molecule has 28 heavy (non-hydrogen) atoms. The number of para-hydroxylation sites is 1. The van der Waals surface area contributed by atoms with E-state index in [4.69, 9.17) is 9.47 Å². The molecule has 0 bridgehead atoms. The van der Waals surface area contributed by atoms with Crippen LogP contribution in [0.15, 0.2) is 47.1 Å². The number of piperidine rings is 1. The lowest BCUT2D eigenvalue weighted by Crippen LogP contribution is -2.38. The van der Waals surface area contributed by atoms with Crippen LogP contribution in [0.1, 0.15) is 34.7 Å². The highest BCUT2D eigenvalue weighted by atomic mass is 79.9. The van der Waals surface area contributed by atoms with Crippen LogP contribution in [-0.2, 0) is 0 Å². The van der Waals surface area contributed by atoms with Gasteiger partial charge < -0.3 is 19.4 Å². The molecule has 0 unspecified atom stereocenters. The number of carbonyl (C=O) groups is 1. The number of nitrogens with zero attached hydrogens (tertiary/aromatic N) is 1. The number of likely N-dealkylation sites (tertiary alicyclic amines) is 1. The van der Waals surface area contributed by atoms with Gasteiger partial charge in [0.2, 0.25) is 0 Å². The third kappa shape index (κ3) is 3.37. The molecule has 0 aliphatic carbocycles. The van der Waals surface area contributed by atoms with Gasteiger partial charge in [0, 0.05) is 30.2 Å². The van der Waals surface area contributed by atoms with Gasteiger partial charge in [-0.1, -0.05) is 18.2 Å². The van der Waals surface area contributed by atoms with Crippen LogP contribution < -0.4 is 9.47 Å². The number of fused-ring (bicyclic) bond motifs is 1. The van der Waals surface area contributed by atoms with Crippen molar-refractivity contribution in [3.8, 4) is 11.5 Å². The van der Waals surface area contributed by atoms with Crippen LogP contribution in [-0.4, -0.2) is 43.1 Å². The predicted molar refractivity (Wildman–Crippen MR) is 113 cm³/mol. The minimum atomic E-state index is -0.0196. The summed E-state index contributed by atoms with van der Waals surface area (Å²) in [7, 11) is 3.17. The number of nitrogens with one attached hydrogen (secondary N) is 1. The zero-order chi connectivity index (χ0) is 19.7. The summed E-state index contributed by atoms with van der Waals surface area (Å²) in [4.78, 5) is 18.4. The summed E-state index contributed by atoms with van der Waals surface area (Å²) < 4.78 is 11.5. The van der Waals surface area contributed by atoms with Crippen molar-refractivity contribution < 1.29 is 14.3 Å². The van der Waals surface area contributed by atoms with Gasteiger partial charge in [0.15, 0.2) is 0 Å². The van der Waals surface area contributed by atoms with Crippen LogP contribution in [0.4, 0.5) is 0 Å². The van der Waals surface area contributed by atoms with Crippen molar-refractivity contribution >= 4 is 32.7 Å². The highest BCUT2D eigenvalue weighted by molar-refractivity contribution is 9.10. The first-order valence-corrected chi connectivity index (χ1v) is 10.2. The smallest absolute Gasteiger partial charge is 0.257 e. The molecular formula is C22H23BrN2O3. The van der Waals surface area contributed by atoms with E-state index in [1.165, 1.54) is 16.5 Å². The van der Waals surface area contributed by atoms with Crippen LogP contribution in [0.2, 0.25) is 0 Å². The number of benzene rings is 2. The fourth-order valence-corrected chi connectivity index (χ4v) is 4.65. The molecule has 2 heterocycles. The van der Waals surface area contributed by atoms with Crippen molar-refractivity contribution in [3.63, 3.8) is 0 Å². The summed E-state index contributed by atoms with van der Waals surface area (Å²) in [5.41, 5.74) is 3.05. The first-order chi connectivity index (χ1) is 13.6. The number of aromatic amines is 1. The van der Waals surface area contributed by atoms with E-state index in [0.717, 1.165) is 25.9 Å². The maximum atomic E-state index is 13.2. The fourth-order valence-electron chi connectivity index (χ4n) is 4.05. The minimum absolute atomic E-state index is 0.0196. The van der Waals surface area contributed by atoms with Crippen LogP contribution in [0.5, 0.6) is 11.5 Å². The molecule has 1 aromatic heterocycles. The molecule has 4 rings (SSSR count). The Hall–Kier alpha value is -2.47. The number of halogens is 1. The third-order valence-electron chi connectivity index (χ3n) is 5.53. The zero-order valence-corrected chi connectivity index (χ0v) is 17.6. The highest BCUT2D eigenvalue weighted by Gasteiger charge is 2.28. The number of H-pyrrole nitrogens is 1. The van der Waals surface area contributed by atoms with Gasteiger partial charge in [0.25, 0.3) is 5.91 Å². The van der Waals surface area contributed by atoms with Gasteiger partial charge in [0.05, 0.1) is 24.3 Å². The Labute approximate surface area is 172 Å². The lowest BCUT2D eigenvalue weighted by Gasteiger charge is -2.32. The average Bonchev–Trinajstić information content (AvgIpc) is 3.17. The monoisotopic (exact) mass is 442 g/mol. The largest absolute Gasteiger partial charge is 0.497 e. The molecule has 0 spiro atoms. The molecule has 1 saturated heterocycles. The van der Waals surface area contributed by atoms with E-state index in [-0.39, 0.29) is 5.91 Å². The van der Waals surface area contributed by atoms with E-state index in [0.29, 0.717) is 27.5 Å². The van der Waals surface area contributed by atoms with E-state index in [1.807, 2.05) is 11.0 Å². The van der Waals surface area contributed by atoms with Gasteiger partial charge in [-0.25, -0.2) is 0 Å². The van der Waals surface area contributed by atoms with Gasteiger partial charge >= 0.3 is 0 Å². The van der Waals surface area contributed by atoms with Crippen molar-refractivity contribution in [2.24, 2.45) is 0 Å². The summed E-state index contributed by atoms with van der Waals surface area (Å²) in [5, 5.41) is 1.28. The van der Waals surface area contributed by atoms with Crippen LogP contribution >= 0.6 is 15.9 Å². The summed E-state index contributed by atoms with van der Waals surface area (Å²) in [6.45, 7) is 1.45. The first kappa shape index (κ1) is 18.9. The van der Waals surface area contributed by atoms with Crippen LogP contribution in [0.3, 0.4) is 0 Å². The molecule has 146 valence electrons. The Morgan fingerprint density at radius 1 is 1.14 bits per heavy atom. The first-order valence-electron chi connectivity index (χ1n) is 9.39. The van der Waals surface area contributed by atoms with Crippen LogP contribution in [0, 0.1) is 0 Å². The molecule has 1 amide bonds. The number of aromatic nitrogens is 1. The molecule has 1 fully saturated rings. The maximum absolute atomic E-state index is 13.2. The second-order valence-corrected chi connectivity index (χ2v) is 7.90. The third-order valence-corrected chi connectivity index (χ3v) is 6.12. The van der Waals surface area contributed by atoms with E-state index >= 15 is 0 Å². The minimum Gasteiger partial charge on any atom is -0.497 e. The van der Waals surface area contributed by atoms with Gasteiger partial charge in [0.1, 0.15) is 11.5 Å². The molecule has 0 radical (unpaired) electrons. The number of ether oxygens (including phenoxy) is 2. The average molecular weight is 443 g/mol. The zero-order valence-electron chi connectivity index (χ0n) is 16.0. The molecule has 1 aliphatic rings. The molecule has 6 heteroatoms. The predicted octanol–water partition coefficient (Wildman–Crippen LogP) is 4.97. The van der Waals surface area contributed by atoms with Crippen LogP contribution in [0.25, 0.3) is 10.9 Å². The Morgan fingerprint density at radius 3 is 2.61 bits per heavy atom.